The van der Waals surface area contributed by atoms with E-state index in [1.54, 1.807) is 31.2 Å². The second-order valence-corrected chi connectivity index (χ2v) is 4.75. The van der Waals surface area contributed by atoms with E-state index in [9.17, 15) is 14.4 Å². The van der Waals surface area contributed by atoms with Crippen molar-refractivity contribution in [1.82, 2.24) is 5.06 Å². The molecule has 2 amide bonds. The van der Waals surface area contributed by atoms with E-state index in [0.29, 0.717) is 22.0 Å². The van der Waals surface area contributed by atoms with Gasteiger partial charge in [0.25, 0.3) is 11.8 Å². The molecule has 0 radical (unpaired) electrons. The van der Waals surface area contributed by atoms with Crippen molar-refractivity contribution in [3.8, 4) is 0 Å². The molecule has 0 saturated heterocycles. The van der Waals surface area contributed by atoms with E-state index in [-0.39, 0.29) is 18.8 Å². The second kappa shape index (κ2) is 6.05. The summed E-state index contributed by atoms with van der Waals surface area (Å²) in [6.45, 7) is 1.79. The van der Waals surface area contributed by atoms with Crippen LogP contribution >= 0.6 is 0 Å². The zero-order valence-corrected chi connectivity index (χ0v) is 12.3. The van der Waals surface area contributed by atoms with Crippen LogP contribution in [0.5, 0.6) is 0 Å². The number of carbonyl (C=O) groups is 3. The maximum absolute atomic E-state index is 12.1. The zero-order chi connectivity index (χ0) is 16.4. The molecule has 118 valence electrons. The molecule has 0 aliphatic carbocycles. The van der Waals surface area contributed by atoms with Gasteiger partial charge in [0.05, 0.1) is 23.3 Å². The van der Waals surface area contributed by atoms with Gasteiger partial charge in [0.15, 0.2) is 0 Å². The average Bonchev–Trinajstić information content (AvgIpc) is 3.12. The first-order valence-corrected chi connectivity index (χ1v) is 6.97. The first kappa shape index (κ1) is 15.0. The average molecular weight is 315 g/mol. The molecule has 23 heavy (non-hydrogen) atoms. The first-order valence-electron chi connectivity index (χ1n) is 6.97. The quantitative estimate of drug-likeness (QED) is 0.621. The van der Waals surface area contributed by atoms with Crippen molar-refractivity contribution in [2.24, 2.45) is 0 Å². The Balaban J connectivity index is 1.67. The van der Waals surface area contributed by atoms with E-state index in [1.165, 1.54) is 12.3 Å². The van der Waals surface area contributed by atoms with Crippen LogP contribution in [0.1, 0.15) is 43.8 Å². The summed E-state index contributed by atoms with van der Waals surface area (Å²) in [6, 6.07) is 7.91. The monoisotopic (exact) mass is 315 g/mol. The van der Waals surface area contributed by atoms with Gasteiger partial charge in [-0.05, 0) is 25.1 Å². The van der Waals surface area contributed by atoms with Crippen LogP contribution in [-0.4, -0.2) is 29.5 Å². The van der Waals surface area contributed by atoms with Crippen LogP contribution in [0.4, 0.5) is 0 Å². The Hall–Kier alpha value is -2.93. The number of esters is 1. The van der Waals surface area contributed by atoms with E-state index < -0.39 is 17.8 Å². The lowest BCUT2D eigenvalue weighted by atomic mass is 10.1. The Morgan fingerprint density at radius 1 is 1.17 bits per heavy atom. The van der Waals surface area contributed by atoms with Crippen molar-refractivity contribution < 1.29 is 28.4 Å². The molecular formula is C16H13NO6. The SMILES string of the molecule is CCOC(=O)c1coc(CON2C(=O)c3ccccc3C2=O)c1. The smallest absolute Gasteiger partial charge is 0.341 e. The van der Waals surface area contributed by atoms with Crippen LogP contribution < -0.4 is 0 Å². The molecule has 0 unspecified atom stereocenters. The molecule has 0 fully saturated rings. The van der Waals surface area contributed by atoms with Crippen LogP contribution in [0.15, 0.2) is 41.0 Å². The number of hydroxylamine groups is 2. The van der Waals surface area contributed by atoms with E-state index in [1.807, 2.05) is 0 Å². The third-order valence-electron chi connectivity index (χ3n) is 3.26. The van der Waals surface area contributed by atoms with Gasteiger partial charge in [0.1, 0.15) is 18.6 Å². The number of carbonyl (C=O) groups excluding carboxylic acids is 3. The van der Waals surface area contributed by atoms with Gasteiger partial charge in [-0.25, -0.2) is 4.79 Å². The summed E-state index contributed by atoms with van der Waals surface area (Å²) in [5.41, 5.74) is 0.834. The predicted molar refractivity (Wildman–Crippen MR) is 76.4 cm³/mol. The summed E-state index contributed by atoms with van der Waals surface area (Å²) in [7, 11) is 0. The van der Waals surface area contributed by atoms with E-state index in [2.05, 4.69) is 0 Å². The number of rotatable bonds is 5. The highest BCUT2D eigenvalue weighted by atomic mass is 16.7. The summed E-state index contributed by atoms with van der Waals surface area (Å²) in [5.74, 6) is -1.27. The molecule has 0 N–H and O–H groups in total. The lowest BCUT2D eigenvalue weighted by Crippen LogP contribution is -2.29. The number of fused-ring (bicyclic) bond motifs is 1. The molecule has 3 rings (SSSR count). The molecule has 0 atom stereocenters. The molecule has 1 aliphatic rings. The summed E-state index contributed by atoms with van der Waals surface area (Å²) in [6.07, 6.45) is 1.24. The van der Waals surface area contributed by atoms with E-state index in [4.69, 9.17) is 14.0 Å². The van der Waals surface area contributed by atoms with Gasteiger partial charge >= 0.3 is 5.97 Å². The Labute approximate surface area is 131 Å². The molecule has 7 heteroatoms. The largest absolute Gasteiger partial charge is 0.466 e. The third-order valence-corrected chi connectivity index (χ3v) is 3.26. The number of ether oxygens (including phenoxy) is 1. The Bertz CT molecular complexity index is 743. The molecular weight excluding hydrogens is 302 g/mol. The number of amides is 2. The number of benzene rings is 1. The standard InChI is InChI=1S/C16H13NO6/c1-2-21-16(20)10-7-11(22-8-10)9-23-17-14(18)12-5-3-4-6-13(12)15(17)19/h3-8H,2,9H2,1H3. The van der Waals surface area contributed by atoms with Crippen LogP contribution in [-0.2, 0) is 16.2 Å². The van der Waals surface area contributed by atoms with Gasteiger partial charge in [-0.3, -0.25) is 14.4 Å². The minimum atomic E-state index is -0.525. The summed E-state index contributed by atoms with van der Waals surface area (Å²) in [4.78, 5) is 41.0. The Morgan fingerprint density at radius 3 is 2.43 bits per heavy atom. The topological polar surface area (TPSA) is 86.1 Å². The molecule has 0 bridgehead atoms. The Kier molecular flexibility index (Phi) is 3.94. The van der Waals surface area contributed by atoms with Crippen LogP contribution in [0.3, 0.4) is 0 Å². The number of imide groups is 1. The molecule has 1 aromatic heterocycles. The summed E-state index contributed by atoms with van der Waals surface area (Å²) < 4.78 is 10.0. The molecule has 1 aromatic carbocycles. The normalized spacial score (nSPS) is 13.3. The van der Waals surface area contributed by atoms with Crippen molar-refractivity contribution in [3.05, 3.63) is 59.0 Å². The first-order chi connectivity index (χ1) is 11.1. The lowest BCUT2D eigenvalue weighted by Gasteiger charge is -2.11. The maximum atomic E-state index is 12.1. The zero-order valence-electron chi connectivity index (χ0n) is 12.3. The molecule has 0 spiro atoms. The van der Waals surface area contributed by atoms with Gasteiger partial charge in [0.2, 0.25) is 0 Å². The van der Waals surface area contributed by atoms with Gasteiger partial charge in [-0.15, -0.1) is 5.06 Å². The second-order valence-electron chi connectivity index (χ2n) is 4.75. The molecule has 7 nitrogen and oxygen atoms in total. The number of hydrogen-bond acceptors (Lipinski definition) is 6. The van der Waals surface area contributed by atoms with Crippen molar-refractivity contribution in [2.75, 3.05) is 6.61 Å². The fourth-order valence-corrected chi connectivity index (χ4v) is 2.19. The fraction of sp³-hybridized carbons (Fsp3) is 0.188. The third kappa shape index (κ3) is 2.74. The molecule has 0 saturated carbocycles. The van der Waals surface area contributed by atoms with Crippen LogP contribution in [0.25, 0.3) is 0 Å². The highest BCUT2D eigenvalue weighted by molar-refractivity contribution is 6.20. The summed E-state index contributed by atoms with van der Waals surface area (Å²) >= 11 is 0. The van der Waals surface area contributed by atoms with Gasteiger partial charge in [0, 0.05) is 0 Å². The summed E-state index contributed by atoms with van der Waals surface area (Å²) in [5, 5.41) is 0.692. The molecule has 2 aromatic rings. The Morgan fingerprint density at radius 2 is 1.83 bits per heavy atom. The molecule has 2 heterocycles. The van der Waals surface area contributed by atoms with Crippen LogP contribution in [0.2, 0.25) is 0 Å². The minimum Gasteiger partial charge on any atom is -0.466 e. The van der Waals surface area contributed by atoms with Gasteiger partial charge in [-0.1, -0.05) is 12.1 Å². The van der Waals surface area contributed by atoms with Crippen LogP contribution in [0, 0.1) is 0 Å². The molecule has 1 aliphatic heterocycles. The maximum Gasteiger partial charge on any atom is 0.341 e. The lowest BCUT2D eigenvalue weighted by molar-refractivity contribution is -0.105. The highest BCUT2D eigenvalue weighted by Crippen LogP contribution is 2.23. The number of nitrogens with zero attached hydrogens (tertiary/aromatic N) is 1. The van der Waals surface area contributed by atoms with E-state index in [0.717, 1.165) is 0 Å². The van der Waals surface area contributed by atoms with Crippen molar-refractivity contribution in [2.45, 2.75) is 13.5 Å². The van der Waals surface area contributed by atoms with Crippen molar-refractivity contribution in [1.29, 1.82) is 0 Å². The predicted octanol–water partition coefficient (Wildman–Crippen LogP) is 2.18. The van der Waals surface area contributed by atoms with Crippen molar-refractivity contribution in [3.63, 3.8) is 0 Å². The van der Waals surface area contributed by atoms with Gasteiger partial charge < -0.3 is 9.15 Å². The number of furan rings is 1. The van der Waals surface area contributed by atoms with Crippen molar-refractivity contribution >= 4 is 17.8 Å². The highest BCUT2D eigenvalue weighted by Gasteiger charge is 2.36. The fourth-order valence-electron chi connectivity index (χ4n) is 2.19. The number of hydrogen-bond donors (Lipinski definition) is 0. The van der Waals surface area contributed by atoms with Gasteiger partial charge in [-0.2, -0.15) is 0 Å². The minimum absolute atomic E-state index is 0.162. The van der Waals surface area contributed by atoms with E-state index >= 15 is 0 Å².